The molecule has 6 heteroatoms. The molecule has 1 saturated heterocycles. The molecule has 2 heterocycles. The van der Waals surface area contributed by atoms with Crippen LogP contribution in [0.15, 0.2) is 54.7 Å². The Bertz CT molecular complexity index is 681. The zero-order valence-corrected chi connectivity index (χ0v) is 15.0. The monoisotopic (exact) mass is 355 g/mol. The average molecular weight is 355 g/mol. The number of ether oxygens (including phenoxy) is 2. The Hall–Kier alpha value is -2.44. The van der Waals surface area contributed by atoms with E-state index in [0.717, 1.165) is 11.3 Å². The van der Waals surface area contributed by atoms with E-state index in [2.05, 4.69) is 17.2 Å². The zero-order chi connectivity index (χ0) is 18.2. The lowest BCUT2D eigenvalue weighted by Crippen LogP contribution is -2.49. The molecule has 2 unspecified atom stereocenters. The second-order valence-electron chi connectivity index (χ2n) is 6.36. The number of aromatic nitrogens is 1. The number of amides is 1. The molecule has 1 aliphatic heterocycles. The molecule has 1 fully saturated rings. The van der Waals surface area contributed by atoms with Crippen LogP contribution in [-0.4, -0.2) is 48.3 Å². The van der Waals surface area contributed by atoms with Gasteiger partial charge in [0, 0.05) is 25.3 Å². The molecule has 2 atom stereocenters. The van der Waals surface area contributed by atoms with E-state index < -0.39 is 0 Å². The van der Waals surface area contributed by atoms with Crippen LogP contribution in [0.5, 0.6) is 0 Å². The molecule has 3 rings (SSSR count). The predicted molar refractivity (Wildman–Crippen MR) is 98.6 cm³/mol. The van der Waals surface area contributed by atoms with Gasteiger partial charge in [0.25, 0.3) is 0 Å². The average Bonchev–Trinajstić information content (AvgIpc) is 2.72. The van der Waals surface area contributed by atoms with Crippen molar-refractivity contribution in [1.82, 2.24) is 15.2 Å². The lowest BCUT2D eigenvalue weighted by Gasteiger charge is -2.33. The number of rotatable bonds is 6. The molecule has 1 aromatic carbocycles. The van der Waals surface area contributed by atoms with Gasteiger partial charge >= 0.3 is 6.09 Å². The van der Waals surface area contributed by atoms with Gasteiger partial charge in [-0.05, 0) is 24.6 Å². The predicted octanol–water partition coefficient (Wildman–Crippen LogP) is 2.77. The standard InChI is InChI=1S/C20H25N3O3/c1-16(19-9-5-6-10-21-19)22-13-18-14-23(11-12-25-18)20(24)26-15-17-7-3-2-4-8-17/h2-10,16,18,22H,11-15H2,1H3. The van der Waals surface area contributed by atoms with Crippen LogP contribution in [0.3, 0.4) is 0 Å². The van der Waals surface area contributed by atoms with E-state index in [1.54, 1.807) is 11.1 Å². The summed E-state index contributed by atoms with van der Waals surface area (Å²) in [5, 5.41) is 3.42. The molecule has 1 N–H and O–H groups in total. The third-order valence-corrected chi connectivity index (χ3v) is 4.39. The molecule has 0 aliphatic carbocycles. The van der Waals surface area contributed by atoms with Crippen molar-refractivity contribution < 1.29 is 14.3 Å². The van der Waals surface area contributed by atoms with E-state index in [0.29, 0.717) is 26.2 Å². The van der Waals surface area contributed by atoms with Crippen LogP contribution in [0.25, 0.3) is 0 Å². The second-order valence-corrected chi connectivity index (χ2v) is 6.36. The Morgan fingerprint density at radius 2 is 2.12 bits per heavy atom. The summed E-state index contributed by atoms with van der Waals surface area (Å²) in [5.41, 5.74) is 1.97. The smallest absolute Gasteiger partial charge is 0.410 e. The fourth-order valence-electron chi connectivity index (χ4n) is 2.86. The minimum atomic E-state index is -0.292. The summed E-state index contributed by atoms with van der Waals surface area (Å²) in [5.74, 6) is 0. The van der Waals surface area contributed by atoms with Crippen molar-refractivity contribution >= 4 is 6.09 Å². The van der Waals surface area contributed by atoms with Crippen LogP contribution in [0.4, 0.5) is 4.79 Å². The highest BCUT2D eigenvalue weighted by Gasteiger charge is 2.25. The van der Waals surface area contributed by atoms with Gasteiger partial charge in [0.2, 0.25) is 0 Å². The Balaban J connectivity index is 1.44. The number of hydrogen-bond acceptors (Lipinski definition) is 5. The van der Waals surface area contributed by atoms with E-state index in [1.807, 2.05) is 48.5 Å². The number of nitrogens with one attached hydrogen (secondary N) is 1. The van der Waals surface area contributed by atoms with Crippen molar-refractivity contribution in [3.63, 3.8) is 0 Å². The Morgan fingerprint density at radius 1 is 1.31 bits per heavy atom. The van der Waals surface area contributed by atoms with Crippen LogP contribution in [-0.2, 0) is 16.1 Å². The van der Waals surface area contributed by atoms with Gasteiger partial charge in [0.1, 0.15) is 6.61 Å². The molecule has 138 valence electrons. The van der Waals surface area contributed by atoms with Crippen LogP contribution in [0.1, 0.15) is 24.2 Å². The molecule has 2 aromatic rings. The quantitative estimate of drug-likeness (QED) is 0.863. The molecule has 1 aromatic heterocycles. The summed E-state index contributed by atoms with van der Waals surface area (Å²) in [6, 6.07) is 15.7. The van der Waals surface area contributed by atoms with Gasteiger partial charge < -0.3 is 19.7 Å². The number of pyridine rings is 1. The molecule has 6 nitrogen and oxygen atoms in total. The summed E-state index contributed by atoms with van der Waals surface area (Å²) in [7, 11) is 0. The van der Waals surface area contributed by atoms with Gasteiger partial charge in [-0.15, -0.1) is 0 Å². The molecule has 0 bridgehead atoms. The Labute approximate surface area is 154 Å². The van der Waals surface area contributed by atoms with Gasteiger partial charge in [0.05, 0.1) is 24.9 Å². The molecule has 0 radical (unpaired) electrons. The summed E-state index contributed by atoms with van der Waals surface area (Å²) < 4.78 is 11.2. The van der Waals surface area contributed by atoms with Crippen LogP contribution in [0.2, 0.25) is 0 Å². The van der Waals surface area contributed by atoms with E-state index in [1.165, 1.54) is 0 Å². The number of benzene rings is 1. The van der Waals surface area contributed by atoms with E-state index >= 15 is 0 Å². The van der Waals surface area contributed by atoms with Gasteiger partial charge in [0.15, 0.2) is 0 Å². The largest absolute Gasteiger partial charge is 0.445 e. The van der Waals surface area contributed by atoms with Crippen LogP contribution < -0.4 is 5.32 Å². The molecule has 26 heavy (non-hydrogen) atoms. The van der Waals surface area contributed by atoms with Gasteiger partial charge in [-0.25, -0.2) is 4.79 Å². The topological polar surface area (TPSA) is 63.7 Å². The maximum atomic E-state index is 12.3. The SMILES string of the molecule is CC(NCC1CN(C(=O)OCc2ccccc2)CCO1)c1ccccn1. The van der Waals surface area contributed by atoms with Crippen LogP contribution in [0, 0.1) is 0 Å². The Morgan fingerprint density at radius 3 is 2.88 bits per heavy atom. The van der Waals surface area contributed by atoms with E-state index in [9.17, 15) is 4.79 Å². The van der Waals surface area contributed by atoms with Gasteiger partial charge in [-0.2, -0.15) is 0 Å². The zero-order valence-electron chi connectivity index (χ0n) is 15.0. The van der Waals surface area contributed by atoms with Crippen molar-refractivity contribution in [3.8, 4) is 0 Å². The lowest BCUT2D eigenvalue weighted by molar-refractivity contribution is -0.0278. The number of carbonyl (C=O) groups excluding carboxylic acids is 1. The highest BCUT2D eigenvalue weighted by atomic mass is 16.6. The van der Waals surface area contributed by atoms with E-state index in [-0.39, 0.29) is 24.8 Å². The fraction of sp³-hybridized carbons (Fsp3) is 0.400. The third-order valence-electron chi connectivity index (χ3n) is 4.39. The Kier molecular flexibility index (Phi) is 6.57. The van der Waals surface area contributed by atoms with Crippen molar-refractivity contribution in [2.45, 2.75) is 25.7 Å². The van der Waals surface area contributed by atoms with Crippen molar-refractivity contribution in [2.75, 3.05) is 26.2 Å². The third kappa shape index (κ3) is 5.28. The lowest BCUT2D eigenvalue weighted by atomic mass is 10.2. The maximum absolute atomic E-state index is 12.3. The summed E-state index contributed by atoms with van der Waals surface area (Å²) >= 11 is 0. The number of morpholine rings is 1. The number of carbonyl (C=O) groups is 1. The first-order valence-corrected chi connectivity index (χ1v) is 8.94. The minimum Gasteiger partial charge on any atom is -0.445 e. The van der Waals surface area contributed by atoms with Crippen molar-refractivity contribution in [2.24, 2.45) is 0 Å². The first-order valence-electron chi connectivity index (χ1n) is 8.94. The van der Waals surface area contributed by atoms with Crippen molar-refractivity contribution in [1.29, 1.82) is 0 Å². The first-order chi connectivity index (χ1) is 12.7. The summed E-state index contributed by atoms with van der Waals surface area (Å²) in [6.45, 7) is 4.61. The second kappa shape index (κ2) is 9.31. The highest BCUT2D eigenvalue weighted by molar-refractivity contribution is 5.67. The van der Waals surface area contributed by atoms with Crippen LogP contribution >= 0.6 is 0 Å². The summed E-state index contributed by atoms with van der Waals surface area (Å²) in [4.78, 5) is 18.4. The van der Waals surface area contributed by atoms with Gasteiger partial charge in [-0.3, -0.25) is 4.98 Å². The van der Waals surface area contributed by atoms with Crippen molar-refractivity contribution in [3.05, 3.63) is 66.0 Å². The molecule has 1 aliphatic rings. The number of hydrogen-bond donors (Lipinski definition) is 1. The van der Waals surface area contributed by atoms with Gasteiger partial charge in [-0.1, -0.05) is 36.4 Å². The maximum Gasteiger partial charge on any atom is 0.410 e. The molecular weight excluding hydrogens is 330 g/mol. The molecular formula is C20H25N3O3. The normalized spacial score (nSPS) is 18.3. The van der Waals surface area contributed by atoms with E-state index in [4.69, 9.17) is 9.47 Å². The molecule has 1 amide bonds. The minimum absolute atomic E-state index is 0.0563. The number of nitrogens with zero attached hydrogens (tertiary/aromatic N) is 2. The molecule has 0 spiro atoms. The highest BCUT2D eigenvalue weighted by Crippen LogP contribution is 2.11. The summed E-state index contributed by atoms with van der Waals surface area (Å²) in [6.07, 6.45) is 1.44. The fourth-order valence-corrected chi connectivity index (χ4v) is 2.86. The first kappa shape index (κ1) is 18.4. The molecule has 0 saturated carbocycles.